The molecular formula is C21H34N4O2. The standard InChI is InChI=1S/C21H34N4O2/c1-5-17(4)27-19-13-16(3)9-10-18(19)14-23-21(22-6-2)24-15-20(26)25-11-7-8-12-25/h9-10,13,17H,5-8,11-12,14-15H2,1-4H3,(H2,22,23,24). The Labute approximate surface area is 163 Å². The van der Waals surface area contributed by atoms with E-state index >= 15 is 0 Å². The number of nitrogens with one attached hydrogen (secondary N) is 2. The number of benzene rings is 1. The monoisotopic (exact) mass is 374 g/mol. The van der Waals surface area contributed by atoms with Gasteiger partial charge in [-0.2, -0.15) is 0 Å². The van der Waals surface area contributed by atoms with E-state index < -0.39 is 0 Å². The molecule has 0 radical (unpaired) electrons. The Morgan fingerprint density at radius 3 is 2.67 bits per heavy atom. The summed E-state index contributed by atoms with van der Waals surface area (Å²) in [6.45, 7) is 11.5. The van der Waals surface area contributed by atoms with E-state index in [1.807, 2.05) is 11.8 Å². The summed E-state index contributed by atoms with van der Waals surface area (Å²) in [6.07, 6.45) is 3.33. The SMILES string of the molecule is CCNC(=NCc1ccc(C)cc1OC(C)CC)NCC(=O)N1CCCC1. The van der Waals surface area contributed by atoms with Crippen molar-refractivity contribution in [2.45, 2.75) is 59.6 Å². The van der Waals surface area contributed by atoms with Gasteiger partial charge in [-0.1, -0.05) is 19.1 Å². The molecule has 1 amide bonds. The van der Waals surface area contributed by atoms with Gasteiger partial charge in [-0.3, -0.25) is 4.79 Å². The third-order valence-corrected chi connectivity index (χ3v) is 4.74. The number of aliphatic imine (C=N–C) groups is 1. The second-order valence-corrected chi connectivity index (χ2v) is 7.08. The van der Waals surface area contributed by atoms with Crippen molar-refractivity contribution in [3.63, 3.8) is 0 Å². The Bertz CT molecular complexity index is 639. The normalized spacial score (nSPS) is 15.6. The van der Waals surface area contributed by atoms with Crippen molar-refractivity contribution in [2.24, 2.45) is 4.99 Å². The predicted octanol–water partition coefficient (Wildman–Crippen LogP) is 2.85. The van der Waals surface area contributed by atoms with E-state index in [2.05, 4.69) is 54.6 Å². The van der Waals surface area contributed by atoms with Crippen LogP contribution in [0.15, 0.2) is 23.2 Å². The van der Waals surface area contributed by atoms with Crippen LogP contribution in [0.25, 0.3) is 0 Å². The minimum atomic E-state index is 0.134. The van der Waals surface area contributed by atoms with E-state index in [1.165, 1.54) is 5.56 Å². The Hall–Kier alpha value is -2.24. The fourth-order valence-electron chi connectivity index (χ4n) is 2.95. The van der Waals surface area contributed by atoms with Gasteiger partial charge in [0.1, 0.15) is 5.75 Å². The first-order valence-electron chi connectivity index (χ1n) is 10.1. The van der Waals surface area contributed by atoms with Gasteiger partial charge in [-0.05, 0) is 51.7 Å². The smallest absolute Gasteiger partial charge is 0.241 e. The molecular weight excluding hydrogens is 340 g/mol. The third kappa shape index (κ3) is 6.77. The summed E-state index contributed by atoms with van der Waals surface area (Å²) >= 11 is 0. The molecule has 0 aliphatic carbocycles. The molecule has 1 aromatic rings. The number of carbonyl (C=O) groups excluding carboxylic acids is 1. The van der Waals surface area contributed by atoms with E-state index in [1.54, 1.807) is 0 Å². The van der Waals surface area contributed by atoms with Gasteiger partial charge in [-0.15, -0.1) is 0 Å². The van der Waals surface area contributed by atoms with Crippen LogP contribution in [0.5, 0.6) is 5.75 Å². The van der Waals surface area contributed by atoms with E-state index in [-0.39, 0.29) is 18.6 Å². The first-order chi connectivity index (χ1) is 13.0. The first-order valence-corrected chi connectivity index (χ1v) is 10.1. The molecule has 1 saturated heterocycles. The van der Waals surface area contributed by atoms with Crippen LogP contribution in [0, 0.1) is 6.92 Å². The zero-order valence-electron chi connectivity index (χ0n) is 17.2. The van der Waals surface area contributed by atoms with Gasteiger partial charge in [0.25, 0.3) is 0 Å². The molecule has 27 heavy (non-hydrogen) atoms. The summed E-state index contributed by atoms with van der Waals surface area (Å²) in [4.78, 5) is 18.8. The van der Waals surface area contributed by atoms with Crippen molar-refractivity contribution in [1.29, 1.82) is 0 Å². The number of carbonyl (C=O) groups is 1. The molecule has 1 aliphatic heterocycles. The number of guanidine groups is 1. The van der Waals surface area contributed by atoms with Gasteiger partial charge in [-0.25, -0.2) is 4.99 Å². The van der Waals surface area contributed by atoms with Crippen LogP contribution in [0.3, 0.4) is 0 Å². The maximum Gasteiger partial charge on any atom is 0.241 e. The highest BCUT2D eigenvalue weighted by atomic mass is 16.5. The number of aryl methyl sites for hydroxylation is 1. The average molecular weight is 375 g/mol. The number of hydrogen-bond acceptors (Lipinski definition) is 3. The van der Waals surface area contributed by atoms with Gasteiger partial charge in [0.05, 0.1) is 19.2 Å². The minimum Gasteiger partial charge on any atom is -0.490 e. The molecule has 0 spiro atoms. The van der Waals surface area contributed by atoms with Crippen LogP contribution in [0.1, 0.15) is 51.2 Å². The van der Waals surface area contributed by atoms with Crippen molar-refractivity contribution in [3.05, 3.63) is 29.3 Å². The van der Waals surface area contributed by atoms with Gasteiger partial charge < -0.3 is 20.3 Å². The molecule has 0 saturated carbocycles. The second kappa shape index (κ2) is 10.8. The van der Waals surface area contributed by atoms with Gasteiger partial charge in [0.2, 0.25) is 5.91 Å². The number of likely N-dealkylation sites (tertiary alicyclic amines) is 1. The van der Waals surface area contributed by atoms with Crippen molar-refractivity contribution >= 4 is 11.9 Å². The lowest BCUT2D eigenvalue weighted by Crippen LogP contribution is -2.44. The number of amides is 1. The number of nitrogens with zero attached hydrogens (tertiary/aromatic N) is 2. The molecule has 1 fully saturated rings. The summed E-state index contributed by atoms with van der Waals surface area (Å²) in [6, 6.07) is 6.20. The Kier molecular flexibility index (Phi) is 8.43. The van der Waals surface area contributed by atoms with Crippen molar-refractivity contribution in [1.82, 2.24) is 15.5 Å². The highest BCUT2D eigenvalue weighted by Gasteiger charge is 2.17. The first kappa shape index (κ1) is 21.1. The van der Waals surface area contributed by atoms with Gasteiger partial charge in [0.15, 0.2) is 5.96 Å². The lowest BCUT2D eigenvalue weighted by molar-refractivity contribution is -0.128. The molecule has 0 aromatic heterocycles. The minimum absolute atomic E-state index is 0.134. The van der Waals surface area contributed by atoms with E-state index in [9.17, 15) is 4.79 Å². The molecule has 1 aliphatic rings. The maximum atomic E-state index is 12.2. The number of ether oxygens (including phenoxy) is 1. The van der Waals surface area contributed by atoms with E-state index in [0.717, 1.165) is 50.2 Å². The lowest BCUT2D eigenvalue weighted by atomic mass is 10.1. The summed E-state index contributed by atoms with van der Waals surface area (Å²) in [5, 5.41) is 6.37. The van der Waals surface area contributed by atoms with Crippen molar-refractivity contribution < 1.29 is 9.53 Å². The molecule has 1 heterocycles. The van der Waals surface area contributed by atoms with Crippen LogP contribution >= 0.6 is 0 Å². The Morgan fingerprint density at radius 2 is 2.00 bits per heavy atom. The quantitative estimate of drug-likeness (QED) is 0.542. The van der Waals surface area contributed by atoms with Crippen LogP contribution in [-0.2, 0) is 11.3 Å². The summed E-state index contributed by atoms with van der Waals surface area (Å²) in [5.41, 5.74) is 2.21. The fourth-order valence-corrected chi connectivity index (χ4v) is 2.95. The Balaban J connectivity index is 2.01. The van der Waals surface area contributed by atoms with Crippen LogP contribution < -0.4 is 15.4 Å². The van der Waals surface area contributed by atoms with Crippen LogP contribution in [0.4, 0.5) is 0 Å². The topological polar surface area (TPSA) is 66.0 Å². The highest BCUT2D eigenvalue weighted by Crippen LogP contribution is 2.23. The molecule has 1 atom stereocenters. The van der Waals surface area contributed by atoms with Crippen molar-refractivity contribution in [3.8, 4) is 5.75 Å². The van der Waals surface area contributed by atoms with Crippen LogP contribution in [0.2, 0.25) is 0 Å². The molecule has 1 aromatic carbocycles. The lowest BCUT2D eigenvalue weighted by Gasteiger charge is -2.18. The highest BCUT2D eigenvalue weighted by molar-refractivity contribution is 5.86. The van der Waals surface area contributed by atoms with Gasteiger partial charge in [0, 0.05) is 25.2 Å². The van der Waals surface area contributed by atoms with E-state index in [4.69, 9.17) is 4.74 Å². The van der Waals surface area contributed by atoms with Crippen molar-refractivity contribution in [2.75, 3.05) is 26.2 Å². The largest absolute Gasteiger partial charge is 0.490 e. The second-order valence-electron chi connectivity index (χ2n) is 7.08. The maximum absolute atomic E-state index is 12.2. The summed E-state index contributed by atoms with van der Waals surface area (Å²) in [5.74, 6) is 1.67. The van der Waals surface area contributed by atoms with E-state index in [0.29, 0.717) is 12.5 Å². The predicted molar refractivity (Wildman–Crippen MR) is 110 cm³/mol. The number of rotatable bonds is 8. The zero-order valence-corrected chi connectivity index (χ0v) is 17.2. The average Bonchev–Trinajstić information content (AvgIpc) is 3.19. The zero-order chi connectivity index (χ0) is 19.6. The number of hydrogen-bond donors (Lipinski definition) is 2. The fraction of sp³-hybridized carbons (Fsp3) is 0.619. The Morgan fingerprint density at radius 1 is 1.26 bits per heavy atom. The molecule has 2 rings (SSSR count). The summed E-state index contributed by atoms with van der Waals surface area (Å²) < 4.78 is 6.06. The molecule has 6 nitrogen and oxygen atoms in total. The summed E-state index contributed by atoms with van der Waals surface area (Å²) in [7, 11) is 0. The molecule has 0 bridgehead atoms. The van der Waals surface area contributed by atoms with Crippen LogP contribution in [-0.4, -0.2) is 49.0 Å². The third-order valence-electron chi connectivity index (χ3n) is 4.74. The molecule has 2 N–H and O–H groups in total. The van der Waals surface area contributed by atoms with Gasteiger partial charge >= 0.3 is 0 Å². The molecule has 1 unspecified atom stereocenters. The molecule has 150 valence electrons. The molecule has 6 heteroatoms.